The molecule has 0 aromatic heterocycles. The smallest absolute Gasteiger partial charge is 0.0648 e. The minimum atomic E-state index is 0.509. The molecule has 0 aromatic carbocycles. The first-order valence-corrected chi connectivity index (χ1v) is 9.16. The lowest BCUT2D eigenvalue weighted by Crippen LogP contribution is -2.28. The maximum absolute atomic E-state index is 5.81. The SMILES string of the molecule is C=CCCCC1CCC(C2CCC(OCC=C)CC2)CC1. The molecule has 0 saturated heterocycles. The van der Waals surface area contributed by atoms with Crippen LogP contribution in [-0.2, 0) is 4.74 Å². The van der Waals surface area contributed by atoms with E-state index in [1.807, 2.05) is 6.08 Å². The Labute approximate surface area is 131 Å². The minimum Gasteiger partial charge on any atom is -0.374 e. The molecule has 1 heteroatoms. The summed E-state index contributed by atoms with van der Waals surface area (Å²) in [7, 11) is 0. The first kappa shape index (κ1) is 16.8. The molecule has 1 nitrogen and oxygen atoms in total. The third-order valence-electron chi connectivity index (χ3n) is 5.75. The molecule has 0 aromatic rings. The van der Waals surface area contributed by atoms with Crippen molar-refractivity contribution in [3.8, 4) is 0 Å². The van der Waals surface area contributed by atoms with E-state index in [9.17, 15) is 0 Å². The zero-order valence-corrected chi connectivity index (χ0v) is 13.8. The molecule has 0 N–H and O–H groups in total. The number of ether oxygens (including phenoxy) is 1. The largest absolute Gasteiger partial charge is 0.374 e. The van der Waals surface area contributed by atoms with E-state index in [1.165, 1.54) is 70.6 Å². The molecule has 2 rings (SSSR count). The molecule has 0 unspecified atom stereocenters. The van der Waals surface area contributed by atoms with Gasteiger partial charge in [0.15, 0.2) is 0 Å². The number of allylic oxidation sites excluding steroid dienone is 1. The molecular weight excluding hydrogens is 256 g/mol. The van der Waals surface area contributed by atoms with Gasteiger partial charge in [0.25, 0.3) is 0 Å². The summed E-state index contributed by atoms with van der Waals surface area (Å²) in [6.07, 6.45) is 19.7. The molecule has 0 bridgehead atoms. The topological polar surface area (TPSA) is 9.23 Å². The molecule has 120 valence electrons. The van der Waals surface area contributed by atoms with Gasteiger partial charge in [0.2, 0.25) is 0 Å². The second-order valence-electron chi connectivity index (χ2n) is 7.16. The van der Waals surface area contributed by atoms with Crippen LogP contribution in [0.5, 0.6) is 0 Å². The Kier molecular flexibility index (Phi) is 7.57. The highest BCUT2D eigenvalue weighted by atomic mass is 16.5. The van der Waals surface area contributed by atoms with Crippen molar-refractivity contribution >= 4 is 0 Å². The van der Waals surface area contributed by atoms with Crippen LogP contribution in [0.4, 0.5) is 0 Å². The van der Waals surface area contributed by atoms with Gasteiger partial charge in [0, 0.05) is 0 Å². The molecule has 2 fully saturated rings. The molecule has 0 atom stereocenters. The van der Waals surface area contributed by atoms with Crippen molar-refractivity contribution in [2.75, 3.05) is 6.61 Å². The van der Waals surface area contributed by atoms with Crippen LogP contribution >= 0.6 is 0 Å². The highest BCUT2D eigenvalue weighted by molar-refractivity contribution is 4.83. The van der Waals surface area contributed by atoms with Crippen LogP contribution in [-0.4, -0.2) is 12.7 Å². The number of rotatable bonds is 8. The van der Waals surface area contributed by atoms with Crippen LogP contribution in [0.25, 0.3) is 0 Å². The summed E-state index contributed by atoms with van der Waals surface area (Å²) in [6.45, 7) is 8.29. The lowest BCUT2D eigenvalue weighted by Gasteiger charge is -2.37. The van der Waals surface area contributed by atoms with E-state index < -0.39 is 0 Å². The Morgan fingerprint density at radius 2 is 1.43 bits per heavy atom. The molecule has 2 aliphatic carbocycles. The molecule has 0 radical (unpaired) electrons. The van der Waals surface area contributed by atoms with Crippen molar-refractivity contribution in [3.63, 3.8) is 0 Å². The fourth-order valence-electron chi connectivity index (χ4n) is 4.43. The average molecular weight is 290 g/mol. The van der Waals surface area contributed by atoms with E-state index >= 15 is 0 Å². The lowest BCUT2D eigenvalue weighted by atomic mass is 9.70. The Bertz CT molecular complexity index is 293. The third kappa shape index (κ3) is 5.62. The van der Waals surface area contributed by atoms with E-state index in [2.05, 4.69) is 19.2 Å². The standard InChI is InChI=1S/C20H34O/c1-3-5-6-7-17-8-10-18(11-9-17)19-12-14-20(15-13-19)21-16-4-2/h3-4,17-20H,1-2,5-16H2. The minimum absolute atomic E-state index is 0.509. The summed E-state index contributed by atoms with van der Waals surface area (Å²) >= 11 is 0. The van der Waals surface area contributed by atoms with Crippen LogP contribution in [0.2, 0.25) is 0 Å². The summed E-state index contributed by atoms with van der Waals surface area (Å²) in [6, 6.07) is 0. The van der Waals surface area contributed by atoms with Gasteiger partial charge in [0.1, 0.15) is 0 Å². The van der Waals surface area contributed by atoms with E-state index in [0.29, 0.717) is 6.10 Å². The van der Waals surface area contributed by atoms with Gasteiger partial charge in [-0.05, 0) is 69.1 Å². The molecule has 0 heterocycles. The summed E-state index contributed by atoms with van der Waals surface area (Å²) in [4.78, 5) is 0. The van der Waals surface area contributed by atoms with Crippen molar-refractivity contribution in [1.82, 2.24) is 0 Å². The Balaban J connectivity index is 1.62. The van der Waals surface area contributed by atoms with Gasteiger partial charge in [-0.3, -0.25) is 0 Å². The number of unbranched alkanes of at least 4 members (excludes halogenated alkanes) is 1. The fraction of sp³-hybridized carbons (Fsp3) is 0.800. The highest BCUT2D eigenvalue weighted by Gasteiger charge is 2.30. The lowest BCUT2D eigenvalue weighted by molar-refractivity contribution is 0.0211. The molecule has 21 heavy (non-hydrogen) atoms. The van der Waals surface area contributed by atoms with Crippen LogP contribution in [0.15, 0.2) is 25.3 Å². The van der Waals surface area contributed by atoms with Gasteiger partial charge >= 0.3 is 0 Å². The van der Waals surface area contributed by atoms with E-state index in [4.69, 9.17) is 4.74 Å². The molecular formula is C20H34O. The quantitative estimate of drug-likeness (QED) is 0.399. The fourth-order valence-corrected chi connectivity index (χ4v) is 4.43. The van der Waals surface area contributed by atoms with Gasteiger partial charge in [-0.25, -0.2) is 0 Å². The predicted octanol–water partition coefficient (Wildman–Crippen LogP) is 5.91. The van der Waals surface area contributed by atoms with Crippen molar-refractivity contribution < 1.29 is 4.74 Å². The van der Waals surface area contributed by atoms with Gasteiger partial charge in [-0.1, -0.05) is 31.4 Å². The zero-order valence-electron chi connectivity index (χ0n) is 13.8. The maximum Gasteiger partial charge on any atom is 0.0648 e. The molecule has 2 aliphatic rings. The first-order valence-electron chi connectivity index (χ1n) is 9.16. The predicted molar refractivity (Wildman–Crippen MR) is 91.4 cm³/mol. The monoisotopic (exact) mass is 290 g/mol. The van der Waals surface area contributed by atoms with Crippen LogP contribution < -0.4 is 0 Å². The van der Waals surface area contributed by atoms with Crippen molar-refractivity contribution in [1.29, 1.82) is 0 Å². The Morgan fingerprint density at radius 1 is 0.810 bits per heavy atom. The number of hydrogen-bond acceptors (Lipinski definition) is 1. The van der Waals surface area contributed by atoms with E-state index in [0.717, 1.165) is 24.4 Å². The van der Waals surface area contributed by atoms with Gasteiger partial charge in [-0.2, -0.15) is 0 Å². The van der Waals surface area contributed by atoms with Gasteiger partial charge < -0.3 is 4.74 Å². The molecule has 0 aliphatic heterocycles. The van der Waals surface area contributed by atoms with Gasteiger partial charge in [-0.15, -0.1) is 13.2 Å². The number of hydrogen-bond donors (Lipinski definition) is 0. The normalized spacial score (nSPS) is 33.5. The van der Waals surface area contributed by atoms with Crippen LogP contribution in [0.1, 0.15) is 70.6 Å². The van der Waals surface area contributed by atoms with Crippen molar-refractivity contribution in [2.24, 2.45) is 17.8 Å². The summed E-state index contributed by atoms with van der Waals surface area (Å²) in [5.41, 5.74) is 0. The maximum atomic E-state index is 5.81. The van der Waals surface area contributed by atoms with Gasteiger partial charge in [0.05, 0.1) is 12.7 Å². The highest BCUT2D eigenvalue weighted by Crippen LogP contribution is 2.41. The van der Waals surface area contributed by atoms with E-state index in [1.54, 1.807) is 0 Å². The molecule has 0 spiro atoms. The van der Waals surface area contributed by atoms with Crippen molar-refractivity contribution in [3.05, 3.63) is 25.3 Å². The zero-order chi connectivity index (χ0) is 14.9. The Morgan fingerprint density at radius 3 is 2.00 bits per heavy atom. The van der Waals surface area contributed by atoms with Crippen LogP contribution in [0.3, 0.4) is 0 Å². The van der Waals surface area contributed by atoms with Crippen LogP contribution in [0, 0.1) is 17.8 Å². The molecule has 0 amide bonds. The summed E-state index contributed by atoms with van der Waals surface area (Å²) in [5, 5.41) is 0. The molecule has 2 saturated carbocycles. The first-order chi connectivity index (χ1) is 10.3. The second-order valence-corrected chi connectivity index (χ2v) is 7.16. The Hall–Kier alpha value is -0.560. The summed E-state index contributed by atoms with van der Waals surface area (Å²) in [5.74, 6) is 3.01. The second kappa shape index (κ2) is 9.46. The summed E-state index contributed by atoms with van der Waals surface area (Å²) < 4.78 is 5.81. The van der Waals surface area contributed by atoms with Crippen molar-refractivity contribution in [2.45, 2.75) is 76.7 Å². The third-order valence-corrected chi connectivity index (χ3v) is 5.75. The van der Waals surface area contributed by atoms with E-state index in [-0.39, 0.29) is 0 Å². The average Bonchev–Trinajstić information content (AvgIpc) is 2.54.